The normalized spacial score (nSPS) is 15.1. The summed E-state index contributed by atoms with van der Waals surface area (Å²) in [5, 5.41) is 14.9. The maximum Gasteiger partial charge on any atom is 0.193 e. The van der Waals surface area contributed by atoms with Crippen molar-refractivity contribution in [2.75, 3.05) is 0 Å². The van der Waals surface area contributed by atoms with Crippen LogP contribution in [0, 0.1) is 0 Å². The monoisotopic (exact) mass is 397 g/mol. The second kappa shape index (κ2) is 6.20. The fraction of sp³-hybridized carbons (Fsp3) is 0.333. The van der Waals surface area contributed by atoms with Gasteiger partial charge in [0.2, 0.25) is 0 Å². The lowest BCUT2D eigenvalue weighted by molar-refractivity contribution is 0.00735. The molecule has 1 N–H and O–H groups in total. The van der Waals surface area contributed by atoms with E-state index in [1.807, 2.05) is 12.1 Å². The summed E-state index contributed by atoms with van der Waals surface area (Å²) in [6.45, 7) is 0.141. The Bertz CT molecular complexity index is 556. The highest BCUT2D eigenvalue weighted by Gasteiger charge is 2.38. The zero-order valence-corrected chi connectivity index (χ0v) is 14.0. The maximum atomic E-state index is 10.9. The summed E-state index contributed by atoms with van der Waals surface area (Å²) in [4.78, 5) is 3.84. The largest absolute Gasteiger partial charge is 0.383 e. The van der Waals surface area contributed by atoms with E-state index in [0.29, 0.717) is 5.56 Å². The van der Waals surface area contributed by atoms with E-state index in [-0.39, 0.29) is 13.0 Å². The second-order valence-electron chi connectivity index (χ2n) is 4.42. The van der Waals surface area contributed by atoms with Crippen LogP contribution in [0.1, 0.15) is 12.0 Å². The van der Waals surface area contributed by atoms with Crippen molar-refractivity contribution < 1.29 is 5.11 Å². The van der Waals surface area contributed by atoms with Gasteiger partial charge in [0.15, 0.2) is 3.79 Å². The topological polar surface area (TPSA) is 50.9 Å². The fourth-order valence-corrected chi connectivity index (χ4v) is 2.85. The lowest BCUT2D eigenvalue weighted by Crippen LogP contribution is -2.35. The number of hydrogen-bond donors (Lipinski definition) is 1. The zero-order valence-electron chi connectivity index (χ0n) is 10.2. The Hall–Kier alpha value is -0.330. The first-order chi connectivity index (χ1) is 9.28. The molecule has 0 spiro atoms. The van der Waals surface area contributed by atoms with Crippen molar-refractivity contribution >= 4 is 50.7 Å². The molecule has 0 radical (unpaired) electrons. The molecule has 4 nitrogen and oxygen atoms in total. The average molecular weight is 400 g/mol. The standard InChI is InChI=1S/C12H11BrCl3N3O/c13-10-3-1-9(2-4-10)11(20,5-12(14,15)16)6-19-8-17-7-18-19/h1-4,7-8,20H,5-6H2. The third kappa shape index (κ3) is 4.33. The predicted molar refractivity (Wildman–Crippen MR) is 83.0 cm³/mol. The van der Waals surface area contributed by atoms with Gasteiger partial charge >= 0.3 is 0 Å². The molecule has 0 fully saturated rings. The van der Waals surface area contributed by atoms with E-state index in [0.717, 1.165) is 4.47 Å². The highest BCUT2D eigenvalue weighted by molar-refractivity contribution is 9.10. The van der Waals surface area contributed by atoms with Gasteiger partial charge < -0.3 is 5.11 Å². The molecule has 8 heteroatoms. The molecule has 108 valence electrons. The van der Waals surface area contributed by atoms with Crippen LogP contribution in [0.15, 0.2) is 41.4 Å². The summed E-state index contributed by atoms with van der Waals surface area (Å²) in [7, 11) is 0. The molecular weight excluding hydrogens is 388 g/mol. The molecule has 0 saturated carbocycles. The van der Waals surface area contributed by atoms with Crippen molar-refractivity contribution in [3.8, 4) is 0 Å². The quantitative estimate of drug-likeness (QED) is 0.798. The number of nitrogens with zero attached hydrogens (tertiary/aromatic N) is 3. The van der Waals surface area contributed by atoms with Crippen molar-refractivity contribution in [2.45, 2.75) is 22.4 Å². The van der Waals surface area contributed by atoms with E-state index >= 15 is 0 Å². The molecule has 1 unspecified atom stereocenters. The molecule has 20 heavy (non-hydrogen) atoms. The van der Waals surface area contributed by atoms with Crippen molar-refractivity contribution in [2.24, 2.45) is 0 Å². The number of hydrogen-bond acceptors (Lipinski definition) is 3. The first kappa shape index (κ1) is 16.0. The molecule has 0 bridgehead atoms. The van der Waals surface area contributed by atoms with Crippen LogP contribution in [-0.4, -0.2) is 23.7 Å². The molecule has 0 aliphatic rings. The Morgan fingerprint density at radius 2 is 1.85 bits per heavy atom. The van der Waals surface area contributed by atoms with E-state index in [2.05, 4.69) is 26.0 Å². The van der Waals surface area contributed by atoms with E-state index in [1.54, 1.807) is 12.1 Å². The van der Waals surface area contributed by atoms with Gasteiger partial charge in [-0.3, -0.25) is 0 Å². The van der Waals surface area contributed by atoms with Crippen LogP contribution >= 0.6 is 50.7 Å². The summed E-state index contributed by atoms with van der Waals surface area (Å²) in [5.74, 6) is 0. The molecule has 1 aromatic carbocycles. The Kier molecular flexibility index (Phi) is 4.97. The minimum Gasteiger partial charge on any atom is -0.383 e. The summed E-state index contributed by atoms with van der Waals surface area (Å²) >= 11 is 20.9. The van der Waals surface area contributed by atoms with Crippen LogP contribution < -0.4 is 0 Å². The molecule has 1 atom stereocenters. The van der Waals surface area contributed by atoms with Gasteiger partial charge in [0.1, 0.15) is 18.3 Å². The van der Waals surface area contributed by atoms with Crippen LogP contribution in [0.2, 0.25) is 0 Å². The molecule has 1 heterocycles. The smallest absolute Gasteiger partial charge is 0.193 e. The number of halogens is 4. The van der Waals surface area contributed by atoms with Crippen LogP contribution in [-0.2, 0) is 12.1 Å². The number of alkyl halides is 3. The Morgan fingerprint density at radius 3 is 2.35 bits per heavy atom. The molecule has 0 aliphatic heterocycles. The number of aromatic nitrogens is 3. The van der Waals surface area contributed by atoms with Gasteiger partial charge in [-0.15, -0.1) is 0 Å². The first-order valence-corrected chi connectivity index (χ1v) is 7.59. The third-order valence-corrected chi connectivity index (χ3v) is 3.69. The number of aliphatic hydroxyl groups is 1. The summed E-state index contributed by atoms with van der Waals surface area (Å²) in [6, 6.07) is 7.19. The molecule has 2 aromatic rings. The van der Waals surface area contributed by atoms with Gasteiger partial charge in [-0.25, -0.2) is 9.67 Å². The van der Waals surface area contributed by atoms with E-state index in [4.69, 9.17) is 34.8 Å². The van der Waals surface area contributed by atoms with Gasteiger partial charge in [0.05, 0.1) is 6.54 Å². The highest BCUT2D eigenvalue weighted by atomic mass is 79.9. The summed E-state index contributed by atoms with van der Waals surface area (Å²) in [5.41, 5.74) is -0.720. The van der Waals surface area contributed by atoms with Gasteiger partial charge in [0, 0.05) is 10.9 Å². The Morgan fingerprint density at radius 1 is 1.20 bits per heavy atom. The predicted octanol–water partition coefficient (Wildman–Crippen LogP) is 3.69. The Labute approximate surface area is 139 Å². The van der Waals surface area contributed by atoms with Crippen LogP contribution in [0.5, 0.6) is 0 Å². The third-order valence-electron chi connectivity index (χ3n) is 2.76. The molecular formula is C12H11BrCl3N3O. The summed E-state index contributed by atoms with van der Waals surface area (Å²) in [6.07, 6.45) is 2.83. The van der Waals surface area contributed by atoms with Crippen LogP contribution in [0.25, 0.3) is 0 Å². The fourth-order valence-electron chi connectivity index (χ4n) is 1.92. The van der Waals surface area contributed by atoms with E-state index in [1.165, 1.54) is 17.3 Å². The van der Waals surface area contributed by atoms with Crippen molar-refractivity contribution in [3.63, 3.8) is 0 Å². The van der Waals surface area contributed by atoms with Crippen molar-refractivity contribution in [3.05, 3.63) is 47.0 Å². The van der Waals surface area contributed by atoms with E-state index < -0.39 is 9.39 Å². The van der Waals surface area contributed by atoms with Gasteiger partial charge in [-0.1, -0.05) is 62.9 Å². The minimum absolute atomic E-state index is 0.0633. The zero-order chi connectivity index (χ0) is 14.8. The van der Waals surface area contributed by atoms with Crippen molar-refractivity contribution in [1.82, 2.24) is 14.8 Å². The van der Waals surface area contributed by atoms with Gasteiger partial charge in [0.25, 0.3) is 0 Å². The van der Waals surface area contributed by atoms with Gasteiger partial charge in [-0.2, -0.15) is 5.10 Å². The lowest BCUT2D eigenvalue weighted by Gasteiger charge is -2.31. The Balaban J connectivity index is 2.34. The maximum absolute atomic E-state index is 10.9. The number of benzene rings is 1. The van der Waals surface area contributed by atoms with Crippen LogP contribution in [0.3, 0.4) is 0 Å². The second-order valence-corrected chi connectivity index (χ2v) is 7.86. The molecule has 0 saturated heterocycles. The summed E-state index contributed by atoms with van der Waals surface area (Å²) < 4.78 is 0.819. The minimum atomic E-state index is -1.58. The van der Waals surface area contributed by atoms with Gasteiger partial charge in [-0.05, 0) is 17.7 Å². The first-order valence-electron chi connectivity index (χ1n) is 5.66. The SMILES string of the molecule is OC(Cn1cncn1)(CC(Cl)(Cl)Cl)c1ccc(Br)cc1. The molecule has 0 aliphatic carbocycles. The molecule has 0 amide bonds. The van der Waals surface area contributed by atoms with E-state index in [9.17, 15) is 5.11 Å². The molecule has 2 rings (SSSR count). The number of rotatable bonds is 4. The van der Waals surface area contributed by atoms with Crippen LogP contribution in [0.4, 0.5) is 0 Å². The lowest BCUT2D eigenvalue weighted by atomic mass is 9.91. The molecule has 1 aromatic heterocycles. The average Bonchev–Trinajstić information content (AvgIpc) is 2.79. The highest BCUT2D eigenvalue weighted by Crippen LogP contribution is 2.40. The van der Waals surface area contributed by atoms with Crippen molar-refractivity contribution in [1.29, 1.82) is 0 Å².